The number of para-hydroxylation sites is 2. The summed E-state index contributed by atoms with van der Waals surface area (Å²) in [6, 6.07) is 38.6. The number of furan rings is 1. The first kappa shape index (κ1) is 30.2. The quantitative estimate of drug-likeness (QED) is 0.188. The standard InChI is InChI=1S/C48H47NO2/c1-46(2)20-21-47(3,4)45-38(46)12-9-13-40(45)49(33-16-18-42-36(27-33)35-10-5-7-14-41(35)50-42)34-17-19-44-39(28-34)48(37-11-6-8-15-43(37)51-44)31-23-29-22-30(25-31)26-32(48)24-29/h5-19,27-32H,20-26H2,1-4H3. The van der Waals surface area contributed by atoms with Crippen molar-refractivity contribution in [3.63, 3.8) is 0 Å². The first-order valence-corrected chi connectivity index (χ1v) is 19.5. The van der Waals surface area contributed by atoms with E-state index in [9.17, 15) is 0 Å². The number of ether oxygens (including phenoxy) is 1. The van der Waals surface area contributed by atoms with Gasteiger partial charge in [-0.15, -0.1) is 0 Å². The van der Waals surface area contributed by atoms with Gasteiger partial charge in [0, 0.05) is 38.7 Å². The predicted molar refractivity (Wildman–Crippen MR) is 208 cm³/mol. The number of fused-ring (bicyclic) bond motifs is 6. The third-order valence-electron chi connectivity index (χ3n) is 14.3. The molecule has 3 nitrogen and oxygen atoms in total. The SMILES string of the molecule is CC1(C)CCC(C)(C)c2c(N(c3ccc4c(c3)C3(c5ccccc5O4)C4CC5CC(C4)CC3C5)c3ccc4oc5ccccc5c4c3)cccc21. The Labute approximate surface area is 301 Å². The summed E-state index contributed by atoms with van der Waals surface area (Å²) in [6.45, 7) is 9.78. The average Bonchev–Trinajstić information content (AvgIpc) is 3.50. The van der Waals surface area contributed by atoms with Crippen LogP contribution < -0.4 is 9.64 Å². The van der Waals surface area contributed by atoms with E-state index in [1.807, 2.05) is 0 Å². The van der Waals surface area contributed by atoms with Crippen molar-refractivity contribution in [2.45, 2.75) is 88.9 Å². The maximum Gasteiger partial charge on any atom is 0.135 e. The summed E-state index contributed by atoms with van der Waals surface area (Å²) >= 11 is 0. The van der Waals surface area contributed by atoms with Gasteiger partial charge in [-0.2, -0.15) is 0 Å². The molecule has 1 spiro atoms. The van der Waals surface area contributed by atoms with Crippen molar-refractivity contribution in [1.29, 1.82) is 0 Å². The van der Waals surface area contributed by atoms with Crippen molar-refractivity contribution in [3.8, 4) is 11.5 Å². The second-order valence-corrected chi connectivity index (χ2v) is 18.0. The molecular weight excluding hydrogens is 623 g/mol. The van der Waals surface area contributed by atoms with E-state index in [-0.39, 0.29) is 16.2 Å². The van der Waals surface area contributed by atoms with Crippen molar-refractivity contribution in [3.05, 3.63) is 125 Å². The number of hydrogen-bond acceptors (Lipinski definition) is 3. The molecule has 1 aromatic heterocycles. The lowest BCUT2D eigenvalue weighted by Gasteiger charge is -2.63. The average molecular weight is 670 g/mol. The summed E-state index contributed by atoms with van der Waals surface area (Å²) in [5.74, 6) is 5.19. The van der Waals surface area contributed by atoms with Gasteiger partial charge in [0.25, 0.3) is 0 Å². The Bertz CT molecular complexity index is 2360. The lowest BCUT2D eigenvalue weighted by molar-refractivity contribution is -0.0452. The Balaban J connectivity index is 1.18. The zero-order valence-corrected chi connectivity index (χ0v) is 30.3. The Morgan fingerprint density at radius 3 is 2.02 bits per heavy atom. The van der Waals surface area contributed by atoms with Crippen LogP contribution in [0.15, 0.2) is 108 Å². The zero-order valence-electron chi connectivity index (χ0n) is 30.3. The second-order valence-electron chi connectivity index (χ2n) is 18.0. The molecule has 2 heterocycles. The molecule has 4 bridgehead atoms. The van der Waals surface area contributed by atoms with Gasteiger partial charge in [-0.05, 0) is 145 Å². The molecule has 0 N–H and O–H groups in total. The number of hydrogen-bond donors (Lipinski definition) is 0. The molecule has 6 aromatic rings. The van der Waals surface area contributed by atoms with E-state index in [0.29, 0.717) is 11.8 Å². The highest BCUT2D eigenvalue weighted by molar-refractivity contribution is 6.06. The number of benzene rings is 5. The van der Waals surface area contributed by atoms with Crippen LogP contribution in [-0.2, 0) is 16.2 Å². The molecule has 12 rings (SSSR count). The van der Waals surface area contributed by atoms with Crippen molar-refractivity contribution >= 4 is 39.0 Å². The van der Waals surface area contributed by atoms with Crippen molar-refractivity contribution in [2.24, 2.45) is 23.7 Å². The van der Waals surface area contributed by atoms with Gasteiger partial charge < -0.3 is 14.1 Å². The Morgan fingerprint density at radius 2 is 1.20 bits per heavy atom. The minimum absolute atomic E-state index is 0.0125. The van der Waals surface area contributed by atoms with E-state index in [0.717, 1.165) is 57.4 Å². The topological polar surface area (TPSA) is 25.6 Å². The molecule has 1 aliphatic heterocycles. The van der Waals surface area contributed by atoms with E-state index in [1.165, 1.54) is 72.2 Å². The van der Waals surface area contributed by atoms with Crippen LogP contribution in [0.1, 0.15) is 94.9 Å². The van der Waals surface area contributed by atoms with Gasteiger partial charge >= 0.3 is 0 Å². The normalized spacial score (nSPS) is 27.6. The third-order valence-corrected chi connectivity index (χ3v) is 14.3. The largest absolute Gasteiger partial charge is 0.457 e. The predicted octanol–water partition coefficient (Wildman–Crippen LogP) is 13.3. The molecule has 0 atom stereocenters. The molecule has 51 heavy (non-hydrogen) atoms. The lowest BCUT2D eigenvalue weighted by atomic mass is 9.42. The van der Waals surface area contributed by atoms with Gasteiger partial charge in [0.2, 0.25) is 0 Å². The molecule has 256 valence electrons. The molecule has 4 fully saturated rings. The summed E-state index contributed by atoms with van der Waals surface area (Å²) in [7, 11) is 0. The molecule has 0 saturated heterocycles. The van der Waals surface area contributed by atoms with E-state index in [1.54, 1.807) is 0 Å². The number of rotatable bonds is 3. The van der Waals surface area contributed by atoms with Gasteiger partial charge in [0.05, 0.1) is 5.69 Å². The van der Waals surface area contributed by atoms with E-state index >= 15 is 0 Å². The molecule has 0 unspecified atom stereocenters. The molecule has 5 aliphatic carbocycles. The van der Waals surface area contributed by atoms with E-state index in [2.05, 4.69) is 136 Å². The lowest BCUT2D eigenvalue weighted by Crippen LogP contribution is -2.57. The Kier molecular flexibility index (Phi) is 6.09. The van der Waals surface area contributed by atoms with Gasteiger partial charge in [-0.3, -0.25) is 0 Å². The highest BCUT2D eigenvalue weighted by atomic mass is 16.5. The summed E-state index contributed by atoms with van der Waals surface area (Å²) in [5, 5.41) is 2.32. The molecule has 5 aromatic carbocycles. The Hall–Kier alpha value is -4.50. The van der Waals surface area contributed by atoms with Gasteiger partial charge in [0.15, 0.2) is 0 Å². The first-order chi connectivity index (χ1) is 24.7. The van der Waals surface area contributed by atoms with Crippen LogP contribution in [0.25, 0.3) is 21.9 Å². The molecule has 4 saturated carbocycles. The summed E-state index contributed by atoms with van der Waals surface area (Å²) < 4.78 is 13.2. The van der Waals surface area contributed by atoms with Crippen LogP contribution in [0.4, 0.5) is 17.1 Å². The monoisotopic (exact) mass is 669 g/mol. The number of anilines is 3. The smallest absolute Gasteiger partial charge is 0.135 e. The minimum Gasteiger partial charge on any atom is -0.457 e. The molecular formula is C48H47NO2. The maximum absolute atomic E-state index is 6.87. The first-order valence-electron chi connectivity index (χ1n) is 19.5. The van der Waals surface area contributed by atoms with Crippen LogP contribution in [0.3, 0.4) is 0 Å². The van der Waals surface area contributed by atoms with Crippen LogP contribution in [0.5, 0.6) is 11.5 Å². The highest BCUT2D eigenvalue weighted by Crippen LogP contribution is 2.69. The van der Waals surface area contributed by atoms with E-state index < -0.39 is 0 Å². The van der Waals surface area contributed by atoms with Crippen LogP contribution >= 0.6 is 0 Å². The molecule has 0 amide bonds. The minimum atomic E-state index is -0.0125. The molecule has 3 heteroatoms. The fraction of sp³-hybridized carbons (Fsp3) is 0.375. The van der Waals surface area contributed by atoms with Crippen LogP contribution in [0, 0.1) is 23.7 Å². The zero-order chi connectivity index (χ0) is 34.3. The van der Waals surface area contributed by atoms with Crippen molar-refractivity contribution < 1.29 is 9.15 Å². The fourth-order valence-electron chi connectivity index (χ4n) is 12.2. The fourth-order valence-corrected chi connectivity index (χ4v) is 12.2. The second kappa shape index (κ2) is 10.3. The molecule has 6 aliphatic rings. The summed E-state index contributed by atoms with van der Waals surface area (Å²) in [4.78, 5) is 2.58. The van der Waals surface area contributed by atoms with Crippen molar-refractivity contribution in [1.82, 2.24) is 0 Å². The van der Waals surface area contributed by atoms with Crippen LogP contribution in [-0.4, -0.2) is 0 Å². The van der Waals surface area contributed by atoms with Gasteiger partial charge in [-0.25, -0.2) is 0 Å². The van der Waals surface area contributed by atoms with E-state index in [4.69, 9.17) is 9.15 Å². The van der Waals surface area contributed by atoms with Gasteiger partial charge in [-0.1, -0.05) is 76.2 Å². The molecule has 0 radical (unpaired) electrons. The van der Waals surface area contributed by atoms with Crippen molar-refractivity contribution in [2.75, 3.05) is 4.90 Å². The number of nitrogens with zero attached hydrogens (tertiary/aromatic N) is 1. The van der Waals surface area contributed by atoms with Gasteiger partial charge in [0.1, 0.15) is 22.7 Å². The van der Waals surface area contributed by atoms with Crippen LogP contribution in [0.2, 0.25) is 0 Å². The maximum atomic E-state index is 6.87. The summed E-state index contributed by atoms with van der Waals surface area (Å²) in [6.07, 6.45) is 9.16. The highest BCUT2D eigenvalue weighted by Gasteiger charge is 2.61. The third kappa shape index (κ3) is 4.12. The summed E-state index contributed by atoms with van der Waals surface area (Å²) in [5.41, 5.74) is 11.4. The Morgan fingerprint density at radius 1 is 0.549 bits per heavy atom.